The second-order valence-corrected chi connectivity index (χ2v) is 2.63. The third-order valence-electron chi connectivity index (χ3n) is 1.52. The lowest BCUT2D eigenvalue weighted by Crippen LogP contribution is -2.32. The third-order valence-corrected chi connectivity index (χ3v) is 1.52. The molecule has 3 N–H and O–H groups in total. The van der Waals surface area contributed by atoms with Crippen LogP contribution in [0.5, 0.6) is 0 Å². The fourth-order valence-corrected chi connectivity index (χ4v) is 0.754. The van der Waals surface area contributed by atoms with Gasteiger partial charge in [0.25, 0.3) is 0 Å². The number of halogens is 1. The lowest BCUT2D eigenvalue weighted by Gasteiger charge is -2.09. The van der Waals surface area contributed by atoms with Crippen LogP contribution in [0.15, 0.2) is 18.3 Å². The first kappa shape index (κ1) is 9.44. The zero-order chi connectivity index (χ0) is 9.84. The lowest BCUT2D eigenvalue weighted by molar-refractivity contribution is -0.118. The molecule has 0 saturated carbocycles. The lowest BCUT2D eigenvalue weighted by atomic mass is 10.3. The Hall–Kier alpha value is -1.65. The molecule has 1 aromatic rings. The van der Waals surface area contributed by atoms with Gasteiger partial charge in [-0.1, -0.05) is 0 Å². The van der Waals surface area contributed by atoms with Gasteiger partial charge in [-0.25, -0.2) is 9.37 Å². The molecule has 0 fully saturated rings. The molecule has 0 spiro atoms. The highest BCUT2D eigenvalue weighted by molar-refractivity contribution is 5.82. The van der Waals surface area contributed by atoms with Crippen LogP contribution in [-0.4, -0.2) is 16.9 Å². The Morgan fingerprint density at radius 2 is 2.38 bits per heavy atom. The monoisotopic (exact) mass is 183 g/mol. The summed E-state index contributed by atoms with van der Waals surface area (Å²) in [5.74, 6) is -0.476. The van der Waals surface area contributed by atoms with Gasteiger partial charge in [0.2, 0.25) is 5.91 Å². The van der Waals surface area contributed by atoms with Crippen LogP contribution >= 0.6 is 0 Å². The molecule has 0 radical (unpaired) electrons. The maximum Gasteiger partial charge on any atom is 0.239 e. The maximum absolute atomic E-state index is 12.4. The minimum atomic E-state index is -0.516. The summed E-state index contributed by atoms with van der Waals surface area (Å²) in [7, 11) is 0. The largest absolute Gasteiger partial charge is 0.368 e. The minimum Gasteiger partial charge on any atom is -0.368 e. The number of aromatic nitrogens is 1. The van der Waals surface area contributed by atoms with Gasteiger partial charge in [0.15, 0.2) is 0 Å². The Morgan fingerprint density at radius 1 is 1.69 bits per heavy atom. The van der Waals surface area contributed by atoms with Crippen LogP contribution < -0.4 is 11.1 Å². The van der Waals surface area contributed by atoms with Gasteiger partial charge in [-0.2, -0.15) is 0 Å². The van der Waals surface area contributed by atoms with Crippen LogP contribution in [0, 0.1) is 5.82 Å². The number of rotatable bonds is 3. The van der Waals surface area contributed by atoms with Crippen molar-refractivity contribution < 1.29 is 9.18 Å². The first-order chi connectivity index (χ1) is 6.09. The fraction of sp³-hybridized carbons (Fsp3) is 0.250. The molecule has 1 amide bonds. The number of nitrogens with two attached hydrogens (primary N) is 1. The minimum absolute atomic E-state index is 0.419. The molecule has 1 rings (SSSR count). The van der Waals surface area contributed by atoms with Crippen LogP contribution in [-0.2, 0) is 4.79 Å². The van der Waals surface area contributed by atoms with Crippen molar-refractivity contribution in [2.45, 2.75) is 13.0 Å². The average Bonchev–Trinajstić information content (AvgIpc) is 2.08. The number of nitrogens with one attached hydrogen (secondary N) is 1. The number of amides is 1. The smallest absolute Gasteiger partial charge is 0.239 e. The zero-order valence-electron chi connectivity index (χ0n) is 7.12. The Morgan fingerprint density at radius 3 is 2.85 bits per heavy atom. The quantitative estimate of drug-likeness (QED) is 0.717. The van der Waals surface area contributed by atoms with Gasteiger partial charge >= 0.3 is 0 Å². The summed E-state index contributed by atoms with van der Waals surface area (Å²) in [6, 6.07) is 2.18. The SMILES string of the molecule is CC(Nc1ccc(F)cn1)C(N)=O. The van der Waals surface area contributed by atoms with Gasteiger partial charge in [-0.3, -0.25) is 4.79 Å². The Labute approximate surface area is 75.0 Å². The molecule has 1 atom stereocenters. The number of primary amides is 1. The summed E-state index contributed by atoms with van der Waals surface area (Å²) < 4.78 is 12.4. The van der Waals surface area contributed by atoms with Crippen molar-refractivity contribution in [3.8, 4) is 0 Å². The fourth-order valence-electron chi connectivity index (χ4n) is 0.754. The van der Waals surface area contributed by atoms with E-state index in [4.69, 9.17) is 5.73 Å². The standard InChI is InChI=1S/C8H10FN3O/c1-5(8(10)13)12-7-3-2-6(9)4-11-7/h2-5H,1H3,(H2,10,13)(H,11,12). The van der Waals surface area contributed by atoms with Gasteiger partial charge < -0.3 is 11.1 Å². The van der Waals surface area contributed by atoms with Gasteiger partial charge in [0, 0.05) is 0 Å². The molecule has 1 heterocycles. The molecule has 0 saturated heterocycles. The van der Waals surface area contributed by atoms with E-state index in [2.05, 4.69) is 10.3 Å². The summed E-state index contributed by atoms with van der Waals surface area (Å²) >= 11 is 0. The number of anilines is 1. The van der Waals surface area contributed by atoms with Crippen LogP contribution in [0.3, 0.4) is 0 Å². The number of pyridine rings is 1. The molecule has 1 aromatic heterocycles. The van der Waals surface area contributed by atoms with Crippen molar-refractivity contribution in [1.29, 1.82) is 0 Å². The molecule has 4 nitrogen and oxygen atoms in total. The summed E-state index contributed by atoms with van der Waals surface area (Å²) in [5.41, 5.74) is 5.01. The Balaban J connectivity index is 2.64. The van der Waals surface area contributed by atoms with E-state index >= 15 is 0 Å². The van der Waals surface area contributed by atoms with E-state index in [-0.39, 0.29) is 0 Å². The van der Waals surface area contributed by atoms with E-state index in [1.807, 2.05) is 0 Å². The number of carbonyl (C=O) groups excluding carboxylic acids is 1. The normalized spacial score (nSPS) is 12.2. The van der Waals surface area contributed by atoms with Gasteiger partial charge in [0.05, 0.1) is 6.20 Å². The van der Waals surface area contributed by atoms with E-state index in [9.17, 15) is 9.18 Å². The summed E-state index contributed by atoms with van der Waals surface area (Å²) in [5, 5.41) is 2.72. The van der Waals surface area contributed by atoms with E-state index < -0.39 is 17.8 Å². The maximum atomic E-state index is 12.4. The second kappa shape index (κ2) is 3.84. The van der Waals surface area contributed by atoms with Crippen molar-refractivity contribution >= 4 is 11.7 Å². The molecular formula is C8H10FN3O. The van der Waals surface area contributed by atoms with Crippen molar-refractivity contribution in [3.63, 3.8) is 0 Å². The second-order valence-electron chi connectivity index (χ2n) is 2.63. The summed E-state index contributed by atoms with van der Waals surface area (Å²) in [4.78, 5) is 14.3. The molecule has 0 aliphatic heterocycles. The average molecular weight is 183 g/mol. The van der Waals surface area contributed by atoms with Crippen LogP contribution in [0.4, 0.5) is 10.2 Å². The first-order valence-corrected chi connectivity index (χ1v) is 3.77. The predicted molar refractivity (Wildman–Crippen MR) is 46.5 cm³/mol. The van der Waals surface area contributed by atoms with Crippen LogP contribution in [0.25, 0.3) is 0 Å². The first-order valence-electron chi connectivity index (χ1n) is 3.77. The van der Waals surface area contributed by atoms with Gasteiger partial charge in [-0.15, -0.1) is 0 Å². The molecule has 0 aromatic carbocycles. The van der Waals surface area contributed by atoms with Crippen molar-refractivity contribution in [1.82, 2.24) is 4.98 Å². The molecular weight excluding hydrogens is 173 g/mol. The molecule has 1 unspecified atom stereocenters. The third kappa shape index (κ3) is 2.70. The molecule has 5 heteroatoms. The highest BCUT2D eigenvalue weighted by Crippen LogP contribution is 2.04. The van der Waals surface area contributed by atoms with E-state index in [1.165, 1.54) is 12.1 Å². The topological polar surface area (TPSA) is 68.0 Å². The van der Waals surface area contributed by atoms with E-state index in [0.29, 0.717) is 5.82 Å². The van der Waals surface area contributed by atoms with Gasteiger partial charge in [-0.05, 0) is 19.1 Å². The molecule has 13 heavy (non-hydrogen) atoms. The molecule has 0 bridgehead atoms. The Bertz CT molecular complexity index is 299. The molecule has 0 aliphatic rings. The summed E-state index contributed by atoms with van der Waals surface area (Å²) in [6.07, 6.45) is 1.07. The molecule has 70 valence electrons. The van der Waals surface area contributed by atoms with Crippen LogP contribution in [0.2, 0.25) is 0 Å². The predicted octanol–water partition coefficient (Wildman–Crippen LogP) is 0.506. The van der Waals surface area contributed by atoms with E-state index in [1.54, 1.807) is 6.92 Å². The van der Waals surface area contributed by atoms with Crippen LogP contribution in [0.1, 0.15) is 6.92 Å². The highest BCUT2D eigenvalue weighted by Gasteiger charge is 2.07. The highest BCUT2D eigenvalue weighted by atomic mass is 19.1. The van der Waals surface area contributed by atoms with Crippen molar-refractivity contribution in [2.24, 2.45) is 5.73 Å². The van der Waals surface area contributed by atoms with Crippen molar-refractivity contribution in [2.75, 3.05) is 5.32 Å². The summed E-state index contributed by atoms with van der Waals surface area (Å²) in [6.45, 7) is 1.60. The number of hydrogen-bond acceptors (Lipinski definition) is 3. The van der Waals surface area contributed by atoms with Crippen molar-refractivity contribution in [3.05, 3.63) is 24.1 Å². The number of nitrogens with zero attached hydrogens (tertiary/aromatic N) is 1. The Kier molecular flexibility index (Phi) is 2.79. The number of carbonyl (C=O) groups is 1. The van der Waals surface area contributed by atoms with Gasteiger partial charge in [0.1, 0.15) is 17.7 Å². The number of hydrogen-bond donors (Lipinski definition) is 2. The zero-order valence-corrected chi connectivity index (χ0v) is 7.12. The molecule has 0 aliphatic carbocycles. The van der Waals surface area contributed by atoms with E-state index in [0.717, 1.165) is 6.20 Å².